The molecule has 3 rings (SSSR count). The summed E-state index contributed by atoms with van der Waals surface area (Å²) in [5.74, 6) is 1.16. The van der Waals surface area contributed by atoms with Crippen LogP contribution in [0.1, 0.15) is 17.4 Å². The first-order valence-electron chi connectivity index (χ1n) is 7.44. The van der Waals surface area contributed by atoms with Crippen LogP contribution in [0.15, 0.2) is 74.8 Å². The highest BCUT2D eigenvalue weighted by Crippen LogP contribution is 2.25. The van der Waals surface area contributed by atoms with Crippen molar-refractivity contribution in [2.24, 2.45) is 0 Å². The largest absolute Gasteiger partial charge is 0.469 e. The molecule has 0 aliphatic heterocycles. The lowest BCUT2D eigenvalue weighted by Crippen LogP contribution is -2.30. The fourth-order valence-electron chi connectivity index (χ4n) is 2.27. The Morgan fingerprint density at radius 1 is 1.04 bits per heavy atom. The summed E-state index contributed by atoms with van der Waals surface area (Å²) in [4.78, 5) is 12.9. The van der Waals surface area contributed by atoms with Crippen molar-refractivity contribution in [1.29, 1.82) is 0 Å². The second kappa shape index (κ2) is 7.88. The molecule has 2 aromatic heterocycles. The number of nitrogens with one attached hydrogen (secondary N) is 1. The summed E-state index contributed by atoms with van der Waals surface area (Å²) in [5, 5.41) is 2.89. The second-order valence-corrected chi connectivity index (χ2v) is 6.18. The zero-order valence-corrected chi connectivity index (χ0v) is 13.6. The van der Waals surface area contributed by atoms with E-state index in [0.29, 0.717) is 6.54 Å². The number of carbonyl (C=O) groups is 1. The molecule has 0 bridgehead atoms. The van der Waals surface area contributed by atoms with Crippen LogP contribution >= 0.6 is 11.8 Å². The van der Waals surface area contributed by atoms with E-state index in [1.54, 1.807) is 36.8 Å². The average molecular weight is 345 g/mol. The zero-order valence-electron chi connectivity index (χ0n) is 12.8. The predicted molar refractivity (Wildman–Crippen MR) is 89.4 cm³/mol. The number of rotatable bonds is 7. The van der Waals surface area contributed by atoms with E-state index in [1.807, 2.05) is 12.1 Å². The van der Waals surface area contributed by atoms with Gasteiger partial charge in [0.25, 0.3) is 0 Å². The first-order chi connectivity index (χ1) is 11.7. The third kappa shape index (κ3) is 4.29. The smallest absolute Gasteiger partial charge is 0.230 e. The Morgan fingerprint density at radius 2 is 1.67 bits per heavy atom. The average Bonchev–Trinajstić information content (AvgIpc) is 3.29. The summed E-state index contributed by atoms with van der Waals surface area (Å²) < 4.78 is 23.7. The number of halogens is 1. The number of hydrogen-bond donors (Lipinski definition) is 1. The molecule has 0 atom stereocenters. The van der Waals surface area contributed by atoms with Crippen molar-refractivity contribution in [2.45, 2.75) is 10.8 Å². The van der Waals surface area contributed by atoms with Gasteiger partial charge in [-0.3, -0.25) is 4.79 Å². The van der Waals surface area contributed by atoms with Gasteiger partial charge in [0.2, 0.25) is 5.91 Å². The Labute approximate surface area is 143 Å². The van der Waals surface area contributed by atoms with E-state index < -0.39 is 0 Å². The fraction of sp³-hybridized carbons (Fsp3) is 0.167. The zero-order chi connectivity index (χ0) is 16.8. The Balaban J connectivity index is 1.54. The second-order valence-electron chi connectivity index (χ2n) is 5.13. The van der Waals surface area contributed by atoms with Crippen LogP contribution in [-0.4, -0.2) is 18.2 Å². The van der Waals surface area contributed by atoms with Gasteiger partial charge in [-0.15, -0.1) is 11.8 Å². The molecule has 124 valence electrons. The Kier molecular flexibility index (Phi) is 5.38. The molecule has 0 unspecified atom stereocenters. The maximum absolute atomic E-state index is 12.9. The van der Waals surface area contributed by atoms with Gasteiger partial charge in [-0.05, 0) is 48.5 Å². The SMILES string of the molecule is O=C(CSc1ccc(F)cc1)NCC(c1ccco1)c1ccco1. The van der Waals surface area contributed by atoms with Crippen LogP contribution in [0.4, 0.5) is 4.39 Å². The van der Waals surface area contributed by atoms with Gasteiger partial charge in [0, 0.05) is 11.4 Å². The summed E-state index contributed by atoms with van der Waals surface area (Å²) in [7, 11) is 0. The van der Waals surface area contributed by atoms with Crippen LogP contribution in [0.3, 0.4) is 0 Å². The van der Waals surface area contributed by atoms with Crippen LogP contribution in [0.2, 0.25) is 0 Å². The molecular formula is C18H16FNO3S. The minimum Gasteiger partial charge on any atom is -0.469 e. The summed E-state index contributed by atoms with van der Waals surface area (Å²) >= 11 is 1.36. The molecule has 1 N–H and O–H groups in total. The van der Waals surface area contributed by atoms with E-state index in [2.05, 4.69) is 5.32 Å². The van der Waals surface area contributed by atoms with Crippen molar-refractivity contribution >= 4 is 17.7 Å². The van der Waals surface area contributed by atoms with Crippen molar-refractivity contribution in [3.63, 3.8) is 0 Å². The first kappa shape index (κ1) is 16.4. The number of benzene rings is 1. The number of furan rings is 2. The lowest BCUT2D eigenvalue weighted by molar-refractivity contribution is -0.118. The molecule has 6 heteroatoms. The first-order valence-corrected chi connectivity index (χ1v) is 8.43. The van der Waals surface area contributed by atoms with Gasteiger partial charge in [-0.25, -0.2) is 4.39 Å². The van der Waals surface area contributed by atoms with Gasteiger partial charge in [0.1, 0.15) is 17.3 Å². The maximum atomic E-state index is 12.9. The molecule has 0 saturated carbocycles. The monoisotopic (exact) mass is 345 g/mol. The van der Waals surface area contributed by atoms with E-state index in [1.165, 1.54) is 23.9 Å². The third-order valence-electron chi connectivity index (χ3n) is 3.46. The molecule has 0 aliphatic rings. The van der Waals surface area contributed by atoms with Gasteiger partial charge in [0.05, 0.1) is 24.2 Å². The summed E-state index contributed by atoms with van der Waals surface area (Å²) in [5.41, 5.74) is 0. The molecular weight excluding hydrogens is 329 g/mol. The van der Waals surface area contributed by atoms with Gasteiger partial charge < -0.3 is 14.2 Å². The number of hydrogen-bond acceptors (Lipinski definition) is 4. The minimum atomic E-state index is -0.288. The molecule has 1 amide bonds. The van der Waals surface area contributed by atoms with Crippen molar-refractivity contribution in [3.8, 4) is 0 Å². The third-order valence-corrected chi connectivity index (χ3v) is 4.47. The molecule has 0 fully saturated rings. The molecule has 0 aliphatic carbocycles. The van der Waals surface area contributed by atoms with Crippen LogP contribution in [0.25, 0.3) is 0 Å². The maximum Gasteiger partial charge on any atom is 0.230 e. The van der Waals surface area contributed by atoms with Crippen LogP contribution in [0.5, 0.6) is 0 Å². The van der Waals surface area contributed by atoms with E-state index >= 15 is 0 Å². The number of thioether (sulfide) groups is 1. The Hall–Kier alpha value is -2.47. The predicted octanol–water partition coefficient (Wildman–Crippen LogP) is 4.05. The van der Waals surface area contributed by atoms with Crippen molar-refractivity contribution < 1.29 is 18.0 Å². The normalized spacial score (nSPS) is 10.9. The lowest BCUT2D eigenvalue weighted by atomic mass is 10.0. The molecule has 0 radical (unpaired) electrons. The Morgan fingerprint density at radius 3 is 2.21 bits per heavy atom. The summed E-state index contributed by atoms with van der Waals surface area (Å²) in [6.45, 7) is 0.379. The summed E-state index contributed by atoms with van der Waals surface area (Å²) in [6, 6.07) is 13.4. The quantitative estimate of drug-likeness (QED) is 0.656. The van der Waals surface area contributed by atoms with Gasteiger partial charge in [-0.1, -0.05) is 0 Å². The number of carbonyl (C=O) groups excluding carboxylic acids is 1. The molecule has 0 spiro atoms. The van der Waals surface area contributed by atoms with Crippen LogP contribution in [0, 0.1) is 5.82 Å². The summed E-state index contributed by atoms with van der Waals surface area (Å²) in [6.07, 6.45) is 3.19. The molecule has 2 heterocycles. The molecule has 4 nitrogen and oxygen atoms in total. The van der Waals surface area contributed by atoms with E-state index in [9.17, 15) is 9.18 Å². The lowest BCUT2D eigenvalue weighted by Gasteiger charge is -2.13. The molecule has 3 aromatic rings. The van der Waals surface area contributed by atoms with Gasteiger partial charge in [-0.2, -0.15) is 0 Å². The molecule has 0 saturated heterocycles. The van der Waals surface area contributed by atoms with E-state index in [-0.39, 0.29) is 23.4 Å². The minimum absolute atomic E-state index is 0.104. The van der Waals surface area contributed by atoms with Crippen molar-refractivity contribution in [3.05, 3.63) is 78.4 Å². The highest BCUT2D eigenvalue weighted by atomic mass is 32.2. The highest BCUT2D eigenvalue weighted by Gasteiger charge is 2.20. The van der Waals surface area contributed by atoms with Crippen molar-refractivity contribution in [2.75, 3.05) is 12.3 Å². The van der Waals surface area contributed by atoms with E-state index in [0.717, 1.165) is 16.4 Å². The molecule has 1 aromatic carbocycles. The van der Waals surface area contributed by atoms with Gasteiger partial charge >= 0.3 is 0 Å². The van der Waals surface area contributed by atoms with E-state index in [4.69, 9.17) is 8.83 Å². The Bertz CT molecular complexity index is 720. The fourth-order valence-corrected chi connectivity index (χ4v) is 3.00. The van der Waals surface area contributed by atoms with Gasteiger partial charge in [0.15, 0.2) is 0 Å². The highest BCUT2D eigenvalue weighted by molar-refractivity contribution is 8.00. The number of amides is 1. The topological polar surface area (TPSA) is 55.4 Å². The van der Waals surface area contributed by atoms with Crippen molar-refractivity contribution in [1.82, 2.24) is 5.32 Å². The standard InChI is InChI=1S/C18H16FNO3S/c19-13-5-7-14(8-6-13)24-12-18(21)20-11-15(16-3-1-9-22-16)17-4-2-10-23-17/h1-10,15H,11-12H2,(H,20,21). The van der Waals surface area contributed by atoms with Crippen LogP contribution < -0.4 is 5.32 Å². The van der Waals surface area contributed by atoms with Crippen LogP contribution in [-0.2, 0) is 4.79 Å². The molecule has 24 heavy (non-hydrogen) atoms.